The van der Waals surface area contributed by atoms with Gasteiger partial charge in [-0.25, -0.2) is 4.39 Å². The molecule has 2 aromatic rings. The highest BCUT2D eigenvalue weighted by atomic mass is 32.1. The number of rotatable bonds is 9. The van der Waals surface area contributed by atoms with Gasteiger partial charge in [0, 0.05) is 28.8 Å². The number of hydrogen-bond acceptors (Lipinski definition) is 3. The van der Waals surface area contributed by atoms with Crippen molar-refractivity contribution < 1.29 is 14.0 Å². The number of aryl methyl sites for hydroxylation is 1. The molecule has 1 aromatic carbocycles. The number of nitrogens with zero attached hydrogens (tertiary/aromatic N) is 2. The molecule has 0 radical (unpaired) electrons. The van der Waals surface area contributed by atoms with Gasteiger partial charge in [0.2, 0.25) is 11.8 Å². The molecule has 1 aliphatic carbocycles. The maximum absolute atomic E-state index is 13.4. The molecule has 0 unspecified atom stereocenters. The number of halogens is 1. The van der Waals surface area contributed by atoms with Gasteiger partial charge in [-0.3, -0.25) is 9.59 Å². The van der Waals surface area contributed by atoms with E-state index in [4.69, 9.17) is 0 Å². The van der Waals surface area contributed by atoms with Crippen LogP contribution in [0.4, 0.5) is 4.39 Å². The largest absolute Gasteiger partial charge is 0.333 e. The van der Waals surface area contributed by atoms with Crippen LogP contribution in [-0.2, 0) is 22.7 Å². The lowest BCUT2D eigenvalue weighted by Crippen LogP contribution is -2.45. The summed E-state index contributed by atoms with van der Waals surface area (Å²) in [7, 11) is 0. The number of thiophene rings is 1. The summed E-state index contributed by atoms with van der Waals surface area (Å²) in [5.74, 6) is 0.108. The third-order valence-corrected chi connectivity index (χ3v) is 6.70. The normalized spacial score (nSPS) is 14.2. The molecule has 1 aromatic heterocycles. The summed E-state index contributed by atoms with van der Waals surface area (Å²) in [5, 5.41) is 0. The molecule has 4 nitrogen and oxygen atoms in total. The van der Waals surface area contributed by atoms with Crippen LogP contribution in [-0.4, -0.2) is 34.7 Å². The minimum atomic E-state index is -0.291. The minimum Gasteiger partial charge on any atom is -0.333 e. The van der Waals surface area contributed by atoms with Crippen molar-refractivity contribution in [2.75, 3.05) is 13.1 Å². The van der Waals surface area contributed by atoms with Crippen molar-refractivity contribution in [1.29, 1.82) is 0 Å². The zero-order valence-electron chi connectivity index (χ0n) is 18.8. The highest BCUT2D eigenvalue weighted by Crippen LogP contribution is 2.27. The highest BCUT2D eigenvalue weighted by Gasteiger charge is 2.30. The zero-order valence-corrected chi connectivity index (χ0v) is 19.6. The number of carbonyl (C=O) groups is 2. The van der Waals surface area contributed by atoms with Crippen LogP contribution in [0.3, 0.4) is 0 Å². The van der Waals surface area contributed by atoms with Crippen molar-refractivity contribution in [3.8, 4) is 0 Å². The topological polar surface area (TPSA) is 40.6 Å². The maximum Gasteiger partial charge on any atom is 0.242 e. The molecule has 1 aliphatic rings. The summed E-state index contributed by atoms with van der Waals surface area (Å²) in [6, 6.07) is 10.4. The van der Waals surface area contributed by atoms with Gasteiger partial charge < -0.3 is 9.80 Å². The number of carbonyl (C=O) groups excluding carboxylic acids is 2. The Kier molecular flexibility index (Phi) is 8.24. The molecule has 0 bridgehead atoms. The third kappa shape index (κ3) is 6.89. The smallest absolute Gasteiger partial charge is 0.242 e. The molecule has 0 spiro atoms. The van der Waals surface area contributed by atoms with Crippen molar-refractivity contribution in [1.82, 2.24) is 9.80 Å². The summed E-state index contributed by atoms with van der Waals surface area (Å²) < 4.78 is 13.3. The standard InChI is InChI=1S/C25H33FN2O2S/c1-18(2)14-28(25(30)21-6-4-5-7-21)17-24(29)27(16-23-13-8-19(3)31-23)15-20-9-11-22(26)12-10-20/h8-13,18,21H,4-7,14-17H2,1-3H3. The Morgan fingerprint density at radius 2 is 1.71 bits per heavy atom. The molecule has 0 saturated heterocycles. The van der Waals surface area contributed by atoms with Crippen molar-refractivity contribution in [3.05, 3.63) is 57.5 Å². The highest BCUT2D eigenvalue weighted by molar-refractivity contribution is 7.11. The average molecular weight is 445 g/mol. The second-order valence-electron chi connectivity index (χ2n) is 8.98. The van der Waals surface area contributed by atoms with Gasteiger partial charge >= 0.3 is 0 Å². The molecular weight excluding hydrogens is 411 g/mol. The monoisotopic (exact) mass is 444 g/mol. The molecule has 0 atom stereocenters. The Morgan fingerprint density at radius 3 is 2.29 bits per heavy atom. The van der Waals surface area contributed by atoms with Gasteiger partial charge in [-0.2, -0.15) is 0 Å². The van der Waals surface area contributed by atoms with Crippen molar-refractivity contribution in [2.24, 2.45) is 11.8 Å². The molecular formula is C25H33FN2O2S. The summed E-state index contributed by atoms with van der Waals surface area (Å²) in [5.41, 5.74) is 0.876. The van der Waals surface area contributed by atoms with E-state index in [1.165, 1.54) is 17.0 Å². The second-order valence-corrected chi connectivity index (χ2v) is 10.4. The van der Waals surface area contributed by atoms with E-state index >= 15 is 0 Å². The Hall–Kier alpha value is -2.21. The summed E-state index contributed by atoms with van der Waals surface area (Å²) in [6.07, 6.45) is 4.04. The second kappa shape index (κ2) is 10.9. The summed E-state index contributed by atoms with van der Waals surface area (Å²) >= 11 is 1.67. The van der Waals surface area contributed by atoms with Gasteiger partial charge in [0.25, 0.3) is 0 Å². The van der Waals surface area contributed by atoms with Crippen LogP contribution in [0.1, 0.15) is 54.8 Å². The first-order chi connectivity index (χ1) is 14.8. The van der Waals surface area contributed by atoms with Gasteiger partial charge in [-0.1, -0.05) is 38.8 Å². The van der Waals surface area contributed by atoms with E-state index in [-0.39, 0.29) is 30.1 Å². The Balaban J connectivity index is 1.76. The van der Waals surface area contributed by atoms with Crippen LogP contribution in [0.5, 0.6) is 0 Å². The van der Waals surface area contributed by atoms with Crippen LogP contribution in [0, 0.1) is 24.6 Å². The molecule has 3 rings (SSSR count). The van der Waals surface area contributed by atoms with E-state index in [2.05, 4.69) is 19.9 Å². The van der Waals surface area contributed by atoms with Gasteiger partial charge in [-0.05, 0) is 55.5 Å². The lowest BCUT2D eigenvalue weighted by Gasteiger charge is -2.30. The van der Waals surface area contributed by atoms with Crippen molar-refractivity contribution in [3.63, 3.8) is 0 Å². The van der Waals surface area contributed by atoms with Crippen LogP contribution < -0.4 is 0 Å². The van der Waals surface area contributed by atoms with E-state index in [0.717, 1.165) is 36.1 Å². The molecule has 0 N–H and O–H groups in total. The van der Waals surface area contributed by atoms with E-state index in [1.54, 1.807) is 33.3 Å². The van der Waals surface area contributed by atoms with Gasteiger partial charge in [0.1, 0.15) is 5.82 Å². The van der Waals surface area contributed by atoms with Crippen molar-refractivity contribution in [2.45, 2.75) is 59.5 Å². The van der Waals surface area contributed by atoms with E-state index in [0.29, 0.717) is 25.6 Å². The Labute approximate surface area is 189 Å². The molecule has 168 valence electrons. The van der Waals surface area contributed by atoms with Crippen molar-refractivity contribution >= 4 is 23.2 Å². The molecule has 6 heteroatoms. The van der Waals surface area contributed by atoms with Crippen LogP contribution in [0.15, 0.2) is 36.4 Å². The first kappa shape index (κ1) is 23.5. The van der Waals surface area contributed by atoms with E-state index in [9.17, 15) is 14.0 Å². The number of benzene rings is 1. The van der Waals surface area contributed by atoms with Crippen LogP contribution >= 0.6 is 11.3 Å². The number of hydrogen-bond donors (Lipinski definition) is 0. The quantitative estimate of drug-likeness (QED) is 0.520. The predicted molar refractivity (Wildman–Crippen MR) is 123 cm³/mol. The lowest BCUT2D eigenvalue weighted by molar-refractivity contribution is -0.144. The maximum atomic E-state index is 13.4. The SMILES string of the molecule is Cc1ccc(CN(Cc2ccc(F)cc2)C(=O)CN(CC(C)C)C(=O)C2CCCC2)s1. The first-order valence-electron chi connectivity index (χ1n) is 11.2. The predicted octanol–water partition coefficient (Wildman–Crippen LogP) is 5.40. The first-order valence-corrected chi connectivity index (χ1v) is 12.0. The van der Waals surface area contributed by atoms with Crippen LogP contribution in [0.2, 0.25) is 0 Å². The van der Waals surface area contributed by atoms with E-state index < -0.39 is 0 Å². The lowest BCUT2D eigenvalue weighted by atomic mass is 10.1. The minimum absolute atomic E-state index is 0.0528. The van der Waals surface area contributed by atoms with Gasteiger partial charge in [0.05, 0.1) is 13.1 Å². The fraction of sp³-hybridized carbons (Fsp3) is 0.520. The average Bonchev–Trinajstić information content (AvgIpc) is 3.39. The Bertz CT molecular complexity index is 872. The third-order valence-electron chi connectivity index (χ3n) is 5.71. The Morgan fingerprint density at radius 1 is 1.03 bits per heavy atom. The summed E-state index contributed by atoms with van der Waals surface area (Å²) in [4.78, 5) is 32.4. The number of amides is 2. The molecule has 1 saturated carbocycles. The molecule has 31 heavy (non-hydrogen) atoms. The fourth-order valence-corrected chi connectivity index (χ4v) is 5.07. The molecule has 1 heterocycles. The molecule has 1 fully saturated rings. The zero-order chi connectivity index (χ0) is 22.4. The fourth-order valence-electron chi connectivity index (χ4n) is 4.17. The molecule has 2 amide bonds. The van der Waals surface area contributed by atoms with Gasteiger partial charge in [-0.15, -0.1) is 11.3 Å². The van der Waals surface area contributed by atoms with Crippen LogP contribution in [0.25, 0.3) is 0 Å². The van der Waals surface area contributed by atoms with Gasteiger partial charge in [0.15, 0.2) is 0 Å². The van der Waals surface area contributed by atoms with E-state index in [1.807, 2.05) is 13.0 Å². The molecule has 0 aliphatic heterocycles. The summed E-state index contributed by atoms with van der Waals surface area (Å²) in [6.45, 7) is 7.76.